The minimum Gasteiger partial charge on any atom is -0.339 e. The van der Waals surface area contributed by atoms with Crippen molar-refractivity contribution in [1.29, 1.82) is 0 Å². The number of hydrogen-bond acceptors (Lipinski definition) is 6. The summed E-state index contributed by atoms with van der Waals surface area (Å²) < 4.78 is 30.1. The molecule has 0 N–H and O–H groups in total. The van der Waals surface area contributed by atoms with Gasteiger partial charge in [-0.3, -0.25) is 4.79 Å². The Morgan fingerprint density at radius 1 is 1.19 bits per heavy atom. The molecule has 1 spiro atoms. The highest BCUT2D eigenvalue weighted by molar-refractivity contribution is 7.93. The van der Waals surface area contributed by atoms with E-state index in [1.54, 1.807) is 4.90 Å². The standard InChI is InChI=1S/C19H21N3O4S/c23-16(10-13-6-7-13)22-11-19(12-22)15(8-9-27(19,24)25)18-20-17(21-26-18)14-4-2-1-3-5-14/h1-5,13,15H,6-12H2. The van der Waals surface area contributed by atoms with Gasteiger partial charge in [0.2, 0.25) is 17.6 Å². The Hall–Kier alpha value is -2.22. The van der Waals surface area contributed by atoms with Gasteiger partial charge in [-0.05, 0) is 25.2 Å². The molecule has 3 heterocycles. The van der Waals surface area contributed by atoms with Crippen LogP contribution in [-0.4, -0.2) is 53.0 Å². The largest absolute Gasteiger partial charge is 0.339 e. The number of sulfone groups is 1. The number of carbonyl (C=O) groups is 1. The molecule has 1 saturated carbocycles. The number of carbonyl (C=O) groups excluding carboxylic acids is 1. The lowest BCUT2D eigenvalue weighted by molar-refractivity contribution is -0.137. The third kappa shape index (κ3) is 2.69. The highest BCUT2D eigenvalue weighted by Gasteiger charge is 2.64. The molecule has 3 fully saturated rings. The first kappa shape index (κ1) is 16.9. The molecule has 1 unspecified atom stereocenters. The smallest absolute Gasteiger partial charge is 0.231 e. The van der Waals surface area contributed by atoms with E-state index >= 15 is 0 Å². The average molecular weight is 387 g/mol. The fourth-order valence-electron chi connectivity index (χ4n) is 4.28. The van der Waals surface area contributed by atoms with Gasteiger partial charge in [-0.15, -0.1) is 0 Å². The monoisotopic (exact) mass is 387 g/mol. The van der Waals surface area contributed by atoms with Crippen molar-refractivity contribution in [2.75, 3.05) is 18.8 Å². The molecule has 2 saturated heterocycles. The molecule has 2 aromatic rings. The molecule has 27 heavy (non-hydrogen) atoms. The van der Waals surface area contributed by atoms with Crippen LogP contribution in [0, 0.1) is 5.92 Å². The van der Waals surface area contributed by atoms with E-state index in [9.17, 15) is 13.2 Å². The van der Waals surface area contributed by atoms with Gasteiger partial charge in [-0.2, -0.15) is 4.98 Å². The minimum atomic E-state index is -3.30. The third-order valence-electron chi connectivity index (χ3n) is 6.13. The zero-order valence-corrected chi connectivity index (χ0v) is 15.7. The second-order valence-electron chi connectivity index (χ2n) is 7.94. The molecule has 1 atom stereocenters. The molecular formula is C19H21N3O4S. The molecule has 8 heteroatoms. The average Bonchev–Trinajstić information content (AvgIpc) is 3.20. The second-order valence-corrected chi connectivity index (χ2v) is 10.4. The van der Waals surface area contributed by atoms with Gasteiger partial charge in [0.15, 0.2) is 9.84 Å². The molecule has 5 rings (SSSR count). The maximum absolute atomic E-state index is 12.8. The van der Waals surface area contributed by atoms with Crippen molar-refractivity contribution in [1.82, 2.24) is 15.0 Å². The maximum Gasteiger partial charge on any atom is 0.231 e. The Balaban J connectivity index is 1.39. The molecule has 142 valence electrons. The summed E-state index contributed by atoms with van der Waals surface area (Å²) in [7, 11) is -3.30. The lowest BCUT2D eigenvalue weighted by Gasteiger charge is -2.49. The van der Waals surface area contributed by atoms with Crippen LogP contribution in [0.25, 0.3) is 11.4 Å². The van der Waals surface area contributed by atoms with Crippen molar-refractivity contribution in [3.63, 3.8) is 0 Å². The van der Waals surface area contributed by atoms with E-state index in [1.807, 2.05) is 30.3 Å². The van der Waals surface area contributed by atoms with Gasteiger partial charge in [0.05, 0.1) is 11.7 Å². The van der Waals surface area contributed by atoms with Gasteiger partial charge in [0.25, 0.3) is 0 Å². The number of hydrogen-bond donors (Lipinski definition) is 0. The van der Waals surface area contributed by atoms with Gasteiger partial charge < -0.3 is 9.42 Å². The van der Waals surface area contributed by atoms with E-state index in [0.717, 1.165) is 18.4 Å². The lowest BCUT2D eigenvalue weighted by atomic mass is 9.82. The fraction of sp³-hybridized carbons (Fsp3) is 0.526. The normalized spacial score (nSPS) is 25.5. The summed E-state index contributed by atoms with van der Waals surface area (Å²) in [5.74, 6) is 1.15. The summed E-state index contributed by atoms with van der Waals surface area (Å²) in [6.07, 6.45) is 3.22. The van der Waals surface area contributed by atoms with Crippen LogP contribution in [0.4, 0.5) is 0 Å². The van der Waals surface area contributed by atoms with Crippen molar-refractivity contribution < 1.29 is 17.7 Å². The van der Waals surface area contributed by atoms with Crippen molar-refractivity contribution >= 4 is 15.7 Å². The molecule has 2 aliphatic heterocycles. The Kier molecular flexibility index (Phi) is 3.69. The van der Waals surface area contributed by atoms with E-state index < -0.39 is 14.6 Å². The minimum absolute atomic E-state index is 0.0690. The van der Waals surface area contributed by atoms with Crippen molar-refractivity contribution in [3.05, 3.63) is 36.2 Å². The Morgan fingerprint density at radius 2 is 1.93 bits per heavy atom. The lowest BCUT2D eigenvalue weighted by Crippen LogP contribution is -2.67. The molecule has 0 radical (unpaired) electrons. The number of rotatable bonds is 4. The summed E-state index contributed by atoms with van der Waals surface area (Å²) in [5.41, 5.74) is 0.831. The van der Waals surface area contributed by atoms with E-state index in [2.05, 4.69) is 10.1 Å². The molecule has 0 bridgehead atoms. The van der Waals surface area contributed by atoms with Gasteiger partial charge >= 0.3 is 0 Å². The summed E-state index contributed by atoms with van der Waals surface area (Å²) in [5, 5.41) is 4.04. The Morgan fingerprint density at radius 3 is 2.63 bits per heavy atom. The summed E-state index contributed by atoms with van der Waals surface area (Å²) in [6, 6.07) is 9.46. The summed E-state index contributed by atoms with van der Waals surface area (Å²) in [4.78, 5) is 18.5. The molecule has 1 aromatic carbocycles. The van der Waals surface area contributed by atoms with Crippen LogP contribution in [0.1, 0.15) is 37.5 Å². The first-order chi connectivity index (χ1) is 13.0. The molecule has 1 aliphatic carbocycles. The predicted octanol–water partition coefficient (Wildman–Crippen LogP) is 2.02. The van der Waals surface area contributed by atoms with Crippen molar-refractivity contribution in [3.8, 4) is 11.4 Å². The first-order valence-corrected chi connectivity index (χ1v) is 11.0. The number of likely N-dealkylation sites (tertiary alicyclic amines) is 1. The number of aromatic nitrogens is 2. The molecule has 1 amide bonds. The van der Waals surface area contributed by atoms with Gasteiger partial charge in [0.1, 0.15) is 4.75 Å². The molecule has 7 nitrogen and oxygen atoms in total. The highest BCUT2D eigenvalue weighted by atomic mass is 32.2. The molecule has 1 aromatic heterocycles. The molecule has 3 aliphatic rings. The zero-order chi connectivity index (χ0) is 18.6. The van der Waals surface area contributed by atoms with Gasteiger partial charge in [-0.25, -0.2) is 8.42 Å². The first-order valence-electron chi connectivity index (χ1n) is 9.38. The Bertz CT molecular complexity index is 975. The van der Waals surface area contributed by atoms with E-state index in [1.165, 1.54) is 0 Å². The van der Waals surface area contributed by atoms with Crippen molar-refractivity contribution in [2.45, 2.75) is 36.3 Å². The van der Waals surface area contributed by atoms with Crippen molar-refractivity contribution in [2.24, 2.45) is 5.92 Å². The van der Waals surface area contributed by atoms with Crippen LogP contribution >= 0.6 is 0 Å². The van der Waals surface area contributed by atoms with E-state index in [4.69, 9.17) is 4.52 Å². The quantitative estimate of drug-likeness (QED) is 0.797. The van der Waals surface area contributed by atoms with Crippen LogP contribution in [0.5, 0.6) is 0 Å². The SMILES string of the molecule is O=C(CC1CC1)N1CC2(C1)C(c1nc(-c3ccccc3)no1)CCS2(=O)=O. The fourth-order valence-corrected chi connectivity index (χ4v) is 6.59. The van der Waals surface area contributed by atoms with Gasteiger partial charge in [0, 0.05) is 25.1 Å². The third-order valence-corrected chi connectivity index (χ3v) is 8.69. The maximum atomic E-state index is 12.8. The van der Waals surface area contributed by atoms with Crippen LogP contribution < -0.4 is 0 Å². The number of amides is 1. The van der Waals surface area contributed by atoms with E-state index in [-0.39, 0.29) is 30.7 Å². The second kappa shape index (κ2) is 5.89. The number of benzene rings is 1. The summed E-state index contributed by atoms with van der Waals surface area (Å²) in [6.45, 7) is 0.489. The van der Waals surface area contributed by atoms with Gasteiger partial charge in [-0.1, -0.05) is 35.5 Å². The van der Waals surface area contributed by atoms with Crippen LogP contribution in [-0.2, 0) is 14.6 Å². The topological polar surface area (TPSA) is 93.4 Å². The zero-order valence-electron chi connectivity index (χ0n) is 14.9. The molecular weight excluding hydrogens is 366 g/mol. The highest BCUT2D eigenvalue weighted by Crippen LogP contribution is 2.50. The summed E-state index contributed by atoms with van der Waals surface area (Å²) >= 11 is 0. The van der Waals surface area contributed by atoms with Crippen LogP contribution in [0.15, 0.2) is 34.9 Å². The Labute approximate surface area is 157 Å². The number of nitrogens with zero attached hydrogens (tertiary/aromatic N) is 3. The van der Waals surface area contributed by atoms with Crippen LogP contribution in [0.2, 0.25) is 0 Å². The van der Waals surface area contributed by atoms with E-state index in [0.29, 0.717) is 30.5 Å². The predicted molar refractivity (Wildman–Crippen MR) is 97.5 cm³/mol. The van der Waals surface area contributed by atoms with Crippen LogP contribution in [0.3, 0.4) is 0 Å².